The van der Waals surface area contributed by atoms with Crippen LogP contribution in [-0.2, 0) is 13.1 Å². The van der Waals surface area contributed by atoms with Crippen LogP contribution in [0.25, 0.3) is 0 Å². The lowest BCUT2D eigenvalue weighted by Gasteiger charge is -2.24. The normalized spacial score (nSPS) is 12.0. The van der Waals surface area contributed by atoms with Crippen LogP contribution in [0.15, 0.2) is 10.6 Å². The Morgan fingerprint density at radius 2 is 2.05 bits per heavy atom. The molecule has 0 saturated heterocycles. The molecule has 0 aliphatic rings. The average molecular weight is 282 g/mol. The molecule has 0 unspecified atom stereocenters. The summed E-state index contributed by atoms with van der Waals surface area (Å²) in [7, 11) is 4.22. The van der Waals surface area contributed by atoms with Crippen molar-refractivity contribution in [2.45, 2.75) is 33.9 Å². The number of rotatable bonds is 10. The minimum absolute atomic E-state index is 0.654. The number of nitrogens with zero attached hydrogens (tertiary/aromatic N) is 3. The molecular formula is C15H30N4O. The van der Waals surface area contributed by atoms with Gasteiger partial charge in [-0.05, 0) is 26.6 Å². The highest BCUT2D eigenvalue weighted by molar-refractivity contribution is 5.05. The highest BCUT2D eigenvalue weighted by Crippen LogP contribution is 2.09. The Hall–Kier alpha value is -0.910. The Bertz CT molecular complexity index is 363. The second-order valence-corrected chi connectivity index (χ2v) is 6.00. The molecule has 1 aromatic rings. The Kier molecular flexibility index (Phi) is 7.80. The van der Waals surface area contributed by atoms with Crippen LogP contribution in [0, 0.1) is 5.92 Å². The van der Waals surface area contributed by atoms with Crippen LogP contribution in [0.5, 0.6) is 0 Å². The predicted molar refractivity (Wildman–Crippen MR) is 82.6 cm³/mol. The second kappa shape index (κ2) is 9.10. The number of hydrogen-bond acceptors (Lipinski definition) is 5. The van der Waals surface area contributed by atoms with Gasteiger partial charge in [0.2, 0.25) is 0 Å². The van der Waals surface area contributed by atoms with Crippen molar-refractivity contribution in [3.8, 4) is 0 Å². The summed E-state index contributed by atoms with van der Waals surface area (Å²) in [5.74, 6) is 1.61. The summed E-state index contributed by atoms with van der Waals surface area (Å²) >= 11 is 0. The third-order valence-corrected chi connectivity index (χ3v) is 3.03. The molecule has 0 saturated carbocycles. The predicted octanol–water partition coefficient (Wildman–Crippen LogP) is 1.80. The third kappa shape index (κ3) is 7.03. The molecule has 0 fully saturated rings. The van der Waals surface area contributed by atoms with Crippen molar-refractivity contribution in [2.24, 2.45) is 5.92 Å². The first-order valence-electron chi connectivity index (χ1n) is 7.53. The molecule has 1 heterocycles. The van der Waals surface area contributed by atoms with E-state index in [1.54, 1.807) is 0 Å². The maximum Gasteiger partial charge on any atom is 0.151 e. The van der Waals surface area contributed by atoms with Crippen LogP contribution in [0.2, 0.25) is 0 Å². The van der Waals surface area contributed by atoms with E-state index in [-0.39, 0.29) is 0 Å². The van der Waals surface area contributed by atoms with Crippen molar-refractivity contribution in [2.75, 3.05) is 40.3 Å². The minimum atomic E-state index is 0.654. The largest absolute Gasteiger partial charge is 0.360 e. The van der Waals surface area contributed by atoms with E-state index < -0.39 is 0 Å². The van der Waals surface area contributed by atoms with Crippen molar-refractivity contribution < 1.29 is 4.52 Å². The van der Waals surface area contributed by atoms with Gasteiger partial charge in [-0.15, -0.1) is 0 Å². The molecule has 0 aliphatic heterocycles. The van der Waals surface area contributed by atoms with Crippen LogP contribution in [0.4, 0.5) is 0 Å². The van der Waals surface area contributed by atoms with Crippen molar-refractivity contribution in [1.82, 2.24) is 20.3 Å². The van der Waals surface area contributed by atoms with E-state index in [1.165, 1.54) is 0 Å². The van der Waals surface area contributed by atoms with Gasteiger partial charge in [0.05, 0.1) is 12.2 Å². The molecule has 5 nitrogen and oxygen atoms in total. The molecule has 5 heteroatoms. The van der Waals surface area contributed by atoms with E-state index >= 15 is 0 Å². The first-order chi connectivity index (χ1) is 9.51. The summed E-state index contributed by atoms with van der Waals surface area (Å²) in [5, 5.41) is 7.37. The van der Waals surface area contributed by atoms with Gasteiger partial charge in [0.1, 0.15) is 0 Å². The highest BCUT2D eigenvalue weighted by atomic mass is 16.5. The lowest BCUT2D eigenvalue weighted by molar-refractivity contribution is 0.191. The summed E-state index contributed by atoms with van der Waals surface area (Å²) in [6.45, 7) is 12.3. The molecule has 116 valence electrons. The van der Waals surface area contributed by atoms with Crippen molar-refractivity contribution in [3.63, 3.8) is 0 Å². The fourth-order valence-corrected chi connectivity index (χ4v) is 2.08. The Labute approximate surface area is 123 Å². The molecule has 0 radical (unpaired) electrons. The van der Waals surface area contributed by atoms with Crippen LogP contribution in [0.1, 0.15) is 32.2 Å². The topological polar surface area (TPSA) is 44.5 Å². The molecule has 0 bridgehead atoms. The molecule has 0 atom stereocenters. The zero-order valence-corrected chi connectivity index (χ0v) is 13.6. The summed E-state index contributed by atoms with van der Waals surface area (Å²) in [5.41, 5.74) is 0.985. The van der Waals surface area contributed by atoms with Gasteiger partial charge in [0.25, 0.3) is 0 Å². The second-order valence-electron chi connectivity index (χ2n) is 6.00. The molecule has 0 aliphatic carbocycles. The fourth-order valence-electron chi connectivity index (χ4n) is 2.08. The number of aromatic nitrogens is 1. The molecule has 0 amide bonds. The Morgan fingerprint density at radius 1 is 1.30 bits per heavy atom. The van der Waals surface area contributed by atoms with E-state index in [9.17, 15) is 0 Å². The van der Waals surface area contributed by atoms with E-state index in [4.69, 9.17) is 4.52 Å². The Balaban J connectivity index is 2.52. The molecule has 1 aromatic heterocycles. The maximum absolute atomic E-state index is 5.44. The van der Waals surface area contributed by atoms with Gasteiger partial charge < -0.3 is 14.7 Å². The molecule has 1 rings (SSSR count). The fraction of sp³-hybridized carbons (Fsp3) is 0.800. The zero-order chi connectivity index (χ0) is 15.0. The van der Waals surface area contributed by atoms with E-state index in [0.29, 0.717) is 5.92 Å². The third-order valence-electron chi connectivity index (χ3n) is 3.03. The standard InChI is InChI=1S/C15H30N4O/c1-6-16-10-14-9-15(20-17-14)12-19(11-13(2)3)8-7-18(4)5/h9,13,16H,6-8,10-12H2,1-5H3. The number of nitrogens with one attached hydrogen (secondary N) is 1. The monoisotopic (exact) mass is 282 g/mol. The van der Waals surface area contributed by atoms with Gasteiger partial charge in [0.15, 0.2) is 5.76 Å². The van der Waals surface area contributed by atoms with E-state index in [2.05, 4.69) is 61.2 Å². The first-order valence-corrected chi connectivity index (χ1v) is 7.53. The zero-order valence-electron chi connectivity index (χ0n) is 13.6. The van der Waals surface area contributed by atoms with Gasteiger partial charge in [-0.3, -0.25) is 4.90 Å². The van der Waals surface area contributed by atoms with Gasteiger partial charge in [0, 0.05) is 32.2 Å². The van der Waals surface area contributed by atoms with Gasteiger partial charge in [-0.1, -0.05) is 25.9 Å². The lowest BCUT2D eigenvalue weighted by Crippen LogP contribution is -2.33. The van der Waals surface area contributed by atoms with Crippen LogP contribution >= 0.6 is 0 Å². The van der Waals surface area contributed by atoms with Crippen molar-refractivity contribution in [3.05, 3.63) is 17.5 Å². The Morgan fingerprint density at radius 3 is 2.65 bits per heavy atom. The molecule has 0 aromatic carbocycles. The highest BCUT2D eigenvalue weighted by Gasteiger charge is 2.12. The SMILES string of the molecule is CCNCc1cc(CN(CCN(C)C)CC(C)C)on1. The summed E-state index contributed by atoms with van der Waals surface area (Å²) in [4.78, 5) is 4.65. The van der Waals surface area contributed by atoms with Crippen LogP contribution in [-0.4, -0.2) is 55.2 Å². The van der Waals surface area contributed by atoms with Crippen LogP contribution in [0.3, 0.4) is 0 Å². The van der Waals surface area contributed by atoms with E-state index in [0.717, 1.165) is 50.7 Å². The van der Waals surface area contributed by atoms with Gasteiger partial charge in [-0.25, -0.2) is 0 Å². The van der Waals surface area contributed by atoms with Gasteiger partial charge in [-0.2, -0.15) is 0 Å². The van der Waals surface area contributed by atoms with E-state index in [1.807, 2.05) is 0 Å². The minimum Gasteiger partial charge on any atom is -0.360 e. The molecule has 20 heavy (non-hydrogen) atoms. The quantitative estimate of drug-likeness (QED) is 0.709. The summed E-state index contributed by atoms with van der Waals surface area (Å²) in [6, 6.07) is 2.06. The van der Waals surface area contributed by atoms with Crippen molar-refractivity contribution >= 4 is 0 Å². The summed E-state index contributed by atoms with van der Waals surface area (Å²) in [6.07, 6.45) is 0. The maximum atomic E-state index is 5.44. The average Bonchev–Trinajstić information content (AvgIpc) is 2.80. The number of hydrogen-bond donors (Lipinski definition) is 1. The first kappa shape index (κ1) is 17.1. The lowest BCUT2D eigenvalue weighted by atomic mass is 10.2. The van der Waals surface area contributed by atoms with Crippen molar-refractivity contribution in [1.29, 1.82) is 0 Å². The molecule has 1 N–H and O–H groups in total. The number of likely N-dealkylation sites (N-methyl/N-ethyl adjacent to an activating group) is 1. The molecule has 0 spiro atoms. The molecular weight excluding hydrogens is 252 g/mol. The van der Waals surface area contributed by atoms with Gasteiger partial charge >= 0.3 is 0 Å². The smallest absolute Gasteiger partial charge is 0.151 e. The summed E-state index contributed by atoms with van der Waals surface area (Å²) < 4.78 is 5.44. The van der Waals surface area contributed by atoms with Crippen LogP contribution < -0.4 is 5.32 Å².